The van der Waals surface area contributed by atoms with E-state index in [9.17, 15) is 0 Å². The number of hydrogen-bond donors (Lipinski definition) is 1. The van der Waals surface area contributed by atoms with E-state index in [4.69, 9.17) is 4.74 Å². The van der Waals surface area contributed by atoms with Crippen molar-refractivity contribution in [3.63, 3.8) is 0 Å². The molecule has 1 spiro atoms. The van der Waals surface area contributed by atoms with Crippen molar-refractivity contribution in [2.75, 3.05) is 37.2 Å². The first kappa shape index (κ1) is 15.0. The maximum absolute atomic E-state index is 6.14. The average molecular weight is 290 g/mol. The third kappa shape index (κ3) is 3.38. The number of rotatable bonds is 5. The molecular formula is C14H27NOS2. The molecular weight excluding hydrogens is 262 g/mol. The van der Waals surface area contributed by atoms with Crippen LogP contribution in [-0.2, 0) is 4.74 Å². The van der Waals surface area contributed by atoms with Gasteiger partial charge in [0.2, 0.25) is 0 Å². The second kappa shape index (κ2) is 6.87. The summed E-state index contributed by atoms with van der Waals surface area (Å²) >= 11 is 4.04. The highest BCUT2D eigenvalue weighted by Gasteiger charge is 2.42. The Hall–Kier alpha value is 0.620. The molecule has 0 bridgehead atoms. The molecule has 2 nitrogen and oxygen atoms in total. The van der Waals surface area contributed by atoms with Crippen molar-refractivity contribution in [1.29, 1.82) is 0 Å². The molecule has 4 heteroatoms. The van der Waals surface area contributed by atoms with Gasteiger partial charge in [0.05, 0.1) is 5.60 Å². The normalized spacial score (nSPS) is 35.8. The van der Waals surface area contributed by atoms with Gasteiger partial charge >= 0.3 is 0 Å². The smallest absolute Gasteiger partial charge is 0.0783 e. The molecule has 4 unspecified atom stereocenters. The van der Waals surface area contributed by atoms with Crippen LogP contribution in [0.2, 0.25) is 0 Å². The summed E-state index contributed by atoms with van der Waals surface area (Å²) < 4.78 is 6.14. The van der Waals surface area contributed by atoms with Crippen LogP contribution < -0.4 is 5.32 Å². The van der Waals surface area contributed by atoms with E-state index >= 15 is 0 Å². The molecule has 2 heterocycles. The summed E-state index contributed by atoms with van der Waals surface area (Å²) in [4.78, 5) is 0. The van der Waals surface area contributed by atoms with Gasteiger partial charge in [0.25, 0.3) is 0 Å². The van der Waals surface area contributed by atoms with Crippen molar-refractivity contribution in [3.05, 3.63) is 0 Å². The molecule has 0 aromatic rings. The minimum Gasteiger partial charge on any atom is -0.374 e. The van der Waals surface area contributed by atoms with Gasteiger partial charge in [0, 0.05) is 18.4 Å². The van der Waals surface area contributed by atoms with Crippen molar-refractivity contribution in [3.8, 4) is 0 Å². The number of ether oxygens (including phenoxy) is 1. The van der Waals surface area contributed by atoms with Gasteiger partial charge in [-0.2, -0.15) is 23.5 Å². The van der Waals surface area contributed by atoms with Gasteiger partial charge in [-0.3, -0.25) is 0 Å². The molecule has 2 aliphatic heterocycles. The maximum Gasteiger partial charge on any atom is 0.0783 e. The summed E-state index contributed by atoms with van der Waals surface area (Å²) in [5, 5.41) is 3.59. The van der Waals surface area contributed by atoms with Crippen LogP contribution in [0, 0.1) is 11.8 Å². The van der Waals surface area contributed by atoms with Gasteiger partial charge in [-0.05, 0) is 55.9 Å². The Bertz CT molecular complexity index is 256. The molecule has 2 rings (SSSR count). The van der Waals surface area contributed by atoms with Crippen molar-refractivity contribution in [1.82, 2.24) is 5.32 Å². The molecule has 2 saturated heterocycles. The minimum absolute atomic E-state index is 0.224. The fraction of sp³-hybridized carbons (Fsp3) is 1.00. The van der Waals surface area contributed by atoms with Gasteiger partial charge < -0.3 is 10.1 Å². The summed E-state index contributed by atoms with van der Waals surface area (Å²) in [6, 6.07) is 0.656. The largest absolute Gasteiger partial charge is 0.374 e. The molecule has 0 amide bonds. The van der Waals surface area contributed by atoms with Gasteiger partial charge in [0.15, 0.2) is 0 Å². The molecule has 2 aliphatic rings. The fourth-order valence-corrected chi connectivity index (χ4v) is 5.70. The Kier molecular flexibility index (Phi) is 5.73. The van der Waals surface area contributed by atoms with Crippen LogP contribution in [-0.4, -0.2) is 48.8 Å². The van der Waals surface area contributed by atoms with Gasteiger partial charge in [-0.15, -0.1) is 0 Å². The first-order chi connectivity index (χ1) is 8.71. The molecule has 18 heavy (non-hydrogen) atoms. The van der Waals surface area contributed by atoms with Crippen molar-refractivity contribution < 1.29 is 4.74 Å². The maximum atomic E-state index is 6.14. The van der Waals surface area contributed by atoms with Crippen molar-refractivity contribution in [2.24, 2.45) is 11.8 Å². The summed E-state index contributed by atoms with van der Waals surface area (Å²) in [6.45, 7) is 3.36. The Morgan fingerprint density at radius 3 is 3.00 bits per heavy atom. The Morgan fingerprint density at radius 2 is 2.39 bits per heavy atom. The topological polar surface area (TPSA) is 21.3 Å². The van der Waals surface area contributed by atoms with E-state index in [0.717, 1.165) is 18.4 Å². The fourth-order valence-electron chi connectivity index (χ4n) is 3.59. The lowest BCUT2D eigenvalue weighted by Crippen LogP contribution is -2.49. The van der Waals surface area contributed by atoms with Crippen LogP contribution in [0.15, 0.2) is 0 Å². The first-order valence-electron chi connectivity index (χ1n) is 7.09. The van der Waals surface area contributed by atoms with Crippen LogP contribution in [0.25, 0.3) is 0 Å². The van der Waals surface area contributed by atoms with E-state index in [1.54, 1.807) is 0 Å². The Balaban J connectivity index is 1.97. The van der Waals surface area contributed by atoms with Crippen LogP contribution in [0.5, 0.6) is 0 Å². The molecule has 0 aliphatic carbocycles. The standard InChI is InChI=1S/C14H27NOS2/c1-11(9-17-3)13(15-2)12-4-6-16-14(8-12)5-7-18-10-14/h11-13,15H,4-10H2,1-3H3. The predicted octanol–water partition coefficient (Wildman–Crippen LogP) is 2.88. The minimum atomic E-state index is 0.224. The molecule has 1 N–H and O–H groups in total. The van der Waals surface area contributed by atoms with Gasteiger partial charge in [-0.1, -0.05) is 6.92 Å². The van der Waals surface area contributed by atoms with Crippen molar-refractivity contribution in [2.45, 2.75) is 37.8 Å². The van der Waals surface area contributed by atoms with E-state index < -0.39 is 0 Å². The first-order valence-corrected chi connectivity index (χ1v) is 9.63. The van der Waals surface area contributed by atoms with E-state index in [1.807, 2.05) is 11.8 Å². The lowest BCUT2D eigenvalue weighted by molar-refractivity contribution is -0.0870. The van der Waals surface area contributed by atoms with E-state index in [-0.39, 0.29) is 5.60 Å². The summed E-state index contributed by atoms with van der Waals surface area (Å²) in [6.07, 6.45) is 5.98. The number of hydrogen-bond acceptors (Lipinski definition) is 4. The van der Waals surface area contributed by atoms with Crippen molar-refractivity contribution >= 4 is 23.5 Å². The zero-order chi connectivity index (χ0) is 13.0. The van der Waals surface area contributed by atoms with E-state index in [1.165, 1.54) is 36.5 Å². The van der Waals surface area contributed by atoms with Crippen LogP contribution >= 0.6 is 23.5 Å². The zero-order valence-corrected chi connectivity index (χ0v) is 13.5. The van der Waals surface area contributed by atoms with Gasteiger partial charge in [-0.25, -0.2) is 0 Å². The number of nitrogens with one attached hydrogen (secondary N) is 1. The van der Waals surface area contributed by atoms with Gasteiger partial charge in [0.1, 0.15) is 0 Å². The SMILES string of the molecule is CNC(C(C)CSC)C1CCOC2(CCSC2)C1. The molecule has 0 aromatic heterocycles. The summed E-state index contributed by atoms with van der Waals surface area (Å²) in [7, 11) is 2.13. The molecule has 2 fully saturated rings. The second-order valence-corrected chi connectivity index (χ2v) is 7.85. The van der Waals surface area contributed by atoms with Crippen LogP contribution in [0.3, 0.4) is 0 Å². The summed E-state index contributed by atoms with van der Waals surface area (Å²) in [5.74, 6) is 5.31. The average Bonchev–Trinajstić information content (AvgIpc) is 2.79. The third-order valence-corrected chi connectivity index (χ3v) is 6.56. The monoisotopic (exact) mass is 289 g/mol. The van der Waals surface area contributed by atoms with Crippen LogP contribution in [0.4, 0.5) is 0 Å². The zero-order valence-electron chi connectivity index (χ0n) is 11.9. The van der Waals surface area contributed by atoms with E-state index in [0.29, 0.717) is 6.04 Å². The molecule has 106 valence electrons. The highest BCUT2D eigenvalue weighted by Crippen LogP contribution is 2.42. The third-order valence-electron chi connectivity index (χ3n) is 4.48. The highest BCUT2D eigenvalue weighted by atomic mass is 32.2. The lowest BCUT2D eigenvalue weighted by Gasteiger charge is -2.42. The highest BCUT2D eigenvalue weighted by molar-refractivity contribution is 7.99. The molecule has 0 aromatic carbocycles. The number of thioether (sulfide) groups is 2. The van der Waals surface area contributed by atoms with E-state index in [2.05, 4.69) is 37.3 Å². The second-order valence-electron chi connectivity index (χ2n) is 5.83. The molecule has 4 atom stereocenters. The lowest BCUT2D eigenvalue weighted by atomic mass is 9.78. The predicted molar refractivity (Wildman–Crippen MR) is 83.7 cm³/mol. The Morgan fingerprint density at radius 1 is 1.56 bits per heavy atom. The summed E-state index contributed by atoms with van der Waals surface area (Å²) in [5.41, 5.74) is 0.224. The molecule has 0 radical (unpaired) electrons. The molecule has 0 saturated carbocycles. The van der Waals surface area contributed by atoms with Crippen LogP contribution in [0.1, 0.15) is 26.2 Å². The quantitative estimate of drug-likeness (QED) is 0.840. The Labute approximate surface area is 120 Å².